The standard InChI is InChI=1S/C19H36P.Au/c1-20(17-11-5-2-6-12-17,18-13-7-3-8-14-18)19-15-9-4-10-16-19;/h17-19H,2-16H2,1H3;/q+1;. The van der Waals surface area contributed by atoms with Crippen LogP contribution in [-0.4, -0.2) is 23.6 Å². The van der Waals surface area contributed by atoms with Crippen LogP contribution in [-0.2, 0) is 22.4 Å². The molecule has 0 atom stereocenters. The fraction of sp³-hybridized carbons (Fsp3) is 1.00. The van der Waals surface area contributed by atoms with Crippen molar-refractivity contribution in [1.82, 2.24) is 0 Å². The molecule has 0 aromatic rings. The summed E-state index contributed by atoms with van der Waals surface area (Å²) in [6, 6.07) is 0. The summed E-state index contributed by atoms with van der Waals surface area (Å²) in [5.74, 6) is 0. The van der Waals surface area contributed by atoms with Gasteiger partial charge in [0.05, 0.1) is 17.0 Å². The molecule has 3 saturated carbocycles. The molecule has 0 amide bonds. The average molecular weight is 492 g/mol. The van der Waals surface area contributed by atoms with Gasteiger partial charge in [-0.2, -0.15) is 0 Å². The molecule has 0 N–H and O–H groups in total. The van der Waals surface area contributed by atoms with Gasteiger partial charge < -0.3 is 0 Å². The van der Waals surface area contributed by atoms with Gasteiger partial charge >= 0.3 is 0 Å². The second-order valence-corrected chi connectivity index (χ2v) is 12.7. The van der Waals surface area contributed by atoms with Crippen LogP contribution in [0, 0.1) is 0 Å². The van der Waals surface area contributed by atoms with Crippen molar-refractivity contribution in [3.05, 3.63) is 0 Å². The first-order valence-corrected chi connectivity index (χ1v) is 12.1. The van der Waals surface area contributed by atoms with Crippen molar-refractivity contribution in [2.45, 2.75) is 113 Å². The van der Waals surface area contributed by atoms with E-state index in [1.54, 1.807) is 77.0 Å². The van der Waals surface area contributed by atoms with Crippen molar-refractivity contribution in [1.29, 1.82) is 0 Å². The molecule has 2 heteroatoms. The molecule has 3 aliphatic carbocycles. The zero-order chi connectivity index (χ0) is 13.8. The Labute approximate surface area is 149 Å². The van der Waals surface area contributed by atoms with E-state index in [9.17, 15) is 0 Å². The average Bonchev–Trinajstić information content (AvgIpc) is 2.56. The van der Waals surface area contributed by atoms with E-state index < -0.39 is 7.26 Å². The topological polar surface area (TPSA) is 0 Å². The molecule has 3 fully saturated rings. The third-order valence-electron chi connectivity index (χ3n) is 7.08. The summed E-state index contributed by atoms with van der Waals surface area (Å²) in [5, 5.41) is 0. The zero-order valence-corrected chi connectivity index (χ0v) is 17.1. The molecular formula is C19H36AuP+. The van der Waals surface area contributed by atoms with Gasteiger partial charge in [-0.1, -0.05) is 19.3 Å². The molecule has 0 spiro atoms. The summed E-state index contributed by atoms with van der Waals surface area (Å²) in [6.07, 6.45) is 23.6. The molecule has 1 radical (unpaired) electrons. The first kappa shape index (κ1) is 18.5. The van der Waals surface area contributed by atoms with Crippen LogP contribution in [0.15, 0.2) is 0 Å². The van der Waals surface area contributed by atoms with E-state index in [2.05, 4.69) is 6.66 Å². The van der Waals surface area contributed by atoms with Crippen molar-refractivity contribution < 1.29 is 22.4 Å². The summed E-state index contributed by atoms with van der Waals surface area (Å²) in [5.41, 5.74) is 3.55. The molecule has 3 rings (SSSR count). The van der Waals surface area contributed by atoms with Gasteiger partial charge in [0.1, 0.15) is 0 Å². The predicted octanol–water partition coefficient (Wildman–Crippen LogP) is 6.63. The fourth-order valence-corrected chi connectivity index (χ4v) is 12.0. The van der Waals surface area contributed by atoms with Crippen LogP contribution >= 0.6 is 7.26 Å². The Morgan fingerprint density at radius 1 is 0.476 bits per heavy atom. The maximum atomic E-state index is 2.87. The second kappa shape index (κ2) is 8.86. The van der Waals surface area contributed by atoms with Gasteiger partial charge in [0.15, 0.2) is 0 Å². The quantitative estimate of drug-likeness (QED) is 0.307. The van der Waals surface area contributed by atoms with Crippen LogP contribution < -0.4 is 0 Å². The van der Waals surface area contributed by atoms with Crippen LogP contribution in [0.5, 0.6) is 0 Å². The summed E-state index contributed by atoms with van der Waals surface area (Å²) in [7, 11) is -0.696. The van der Waals surface area contributed by atoms with E-state index in [1.165, 1.54) is 36.2 Å². The van der Waals surface area contributed by atoms with Crippen molar-refractivity contribution in [3.8, 4) is 0 Å². The fourth-order valence-electron chi connectivity index (χ4n) is 5.81. The minimum absolute atomic E-state index is 0. The van der Waals surface area contributed by atoms with Crippen molar-refractivity contribution in [2.24, 2.45) is 0 Å². The molecule has 0 heterocycles. The molecule has 0 bridgehead atoms. The molecule has 0 saturated heterocycles. The van der Waals surface area contributed by atoms with Crippen molar-refractivity contribution >= 4 is 7.26 Å². The van der Waals surface area contributed by atoms with E-state index in [4.69, 9.17) is 0 Å². The van der Waals surface area contributed by atoms with E-state index in [-0.39, 0.29) is 22.4 Å². The maximum Gasteiger partial charge on any atom is 0.0700 e. The molecular weight excluding hydrogens is 456 g/mol. The monoisotopic (exact) mass is 492 g/mol. The zero-order valence-electron chi connectivity index (χ0n) is 14.1. The van der Waals surface area contributed by atoms with Gasteiger partial charge in [0, 0.05) is 36.3 Å². The van der Waals surface area contributed by atoms with Crippen LogP contribution in [0.2, 0.25) is 0 Å². The van der Waals surface area contributed by atoms with E-state index >= 15 is 0 Å². The molecule has 21 heavy (non-hydrogen) atoms. The summed E-state index contributed by atoms with van der Waals surface area (Å²) < 4.78 is 0. The van der Waals surface area contributed by atoms with E-state index in [1.807, 2.05) is 0 Å². The third-order valence-corrected chi connectivity index (χ3v) is 13.4. The van der Waals surface area contributed by atoms with Crippen LogP contribution in [0.1, 0.15) is 96.3 Å². The SMILES string of the molecule is C[P+](C1CCCCC1)(C1CCCCC1)C1CCCCC1.[Au]. The van der Waals surface area contributed by atoms with Gasteiger partial charge in [0.2, 0.25) is 0 Å². The number of hydrogen-bond acceptors (Lipinski definition) is 0. The summed E-state index contributed by atoms with van der Waals surface area (Å²) in [6.45, 7) is 2.87. The molecule has 0 unspecified atom stereocenters. The molecule has 127 valence electrons. The maximum absolute atomic E-state index is 2.87. The normalized spacial score (nSPS) is 27.3. The molecule has 0 nitrogen and oxygen atoms in total. The Kier molecular flexibility index (Phi) is 7.81. The smallest absolute Gasteiger partial charge is 0.0530 e. The largest absolute Gasteiger partial charge is 0.0700 e. The van der Waals surface area contributed by atoms with Gasteiger partial charge in [0.25, 0.3) is 0 Å². The third kappa shape index (κ3) is 4.17. The Balaban J connectivity index is 0.00000161. The van der Waals surface area contributed by atoms with Gasteiger partial charge in [-0.15, -0.1) is 0 Å². The Morgan fingerprint density at radius 3 is 0.952 bits per heavy atom. The van der Waals surface area contributed by atoms with Gasteiger partial charge in [-0.25, -0.2) is 0 Å². The Hall–Kier alpha value is 1.17. The van der Waals surface area contributed by atoms with Crippen LogP contribution in [0.3, 0.4) is 0 Å². The van der Waals surface area contributed by atoms with Crippen LogP contribution in [0.25, 0.3) is 0 Å². The predicted molar refractivity (Wildman–Crippen MR) is 93.5 cm³/mol. The molecule has 0 aromatic carbocycles. The minimum Gasteiger partial charge on any atom is -0.0530 e. The van der Waals surface area contributed by atoms with Crippen LogP contribution in [0.4, 0.5) is 0 Å². The van der Waals surface area contributed by atoms with Gasteiger partial charge in [-0.05, 0) is 77.0 Å². The Morgan fingerprint density at radius 2 is 0.714 bits per heavy atom. The minimum atomic E-state index is -0.696. The number of rotatable bonds is 3. The molecule has 0 aromatic heterocycles. The van der Waals surface area contributed by atoms with Gasteiger partial charge in [-0.3, -0.25) is 0 Å². The summed E-state index contributed by atoms with van der Waals surface area (Å²) in [4.78, 5) is 0. The van der Waals surface area contributed by atoms with E-state index in [0.717, 1.165) is 0 Å². The molecule has 3 aliphatic rings. The Bertz CT molecular complexity index is 240. The first-order chi connectivity index (χ1) is 9.82. The number of hydrogen-bond donors (Lipinski definition) is 0. The van der Waals surface area contributed by atoms with Crippen molar-refractivity contribution in [3.63, 3.8) is 0 Å². The summed E-state index contributed by atoms with van der Waals surface area (Å²) >= 11 is 0. The first-order valence-electron chi connectivity index (χ1n) is 9.67. The van der Waals surface area contributed by atoms with E-state index in [0.29, 0.717) is 0 Å². The second-order valence-electron chi connectivity index (χ2n) is 8.10. The molecule has 0 aliphatic heterocycles. The van der Waals surface area contributed by atoms with Crippen molar-refractivity contribution in [2.75, 3.05) is 6.66 Å².